The van der Waals surface area contributed by atoms with Gasteiger partial charge in [-0.25, -0.2) is 0 Å². The highest BCUT2D eigenvalue weighted by Gasteiger charge is 2.61. The molecule has 5 rings (SSSR count). The van der Waals surface area contributed by atoms with E-state index in [1.54, 1.807) is 36.4 Å². The summed E-state index contributed by atoms with van der Waals surface area (Å²) >= 11 is 0. The molecule has 4 amide bonds. The molecule has 3 aliphatic rings. The zero-order chi connectivity index (χ0) is 21.7. The third kappa shape index (κ3) is 3.22. The maximum Gasteiger partial charge on any atom is 0.295 e. The normalized spacial score (nSPS) is 26.3. The lowest BCUT2D eigenvalue weighted by atomic mass is 9.81. The van der Waals surface area contributed by atoms with Crippen LogP contribution in [0.3, 0.4) is 0 Å². The maximum absolute atomic E-state index is 13.2. The van der Waals surface area contributed by atoms with Crippen molar-refractivity contribution < 1.29 is 23.6 Å². The van der Waals surface area contributed by atoms with Gasteiger partial charge in [0.1, 0.15) is 6.67 Å². The van der Waals surface area contributed by atoms with Gasteiger partial charge in [0.2, 0.25) is 17.7 Å². The number of fused-ring (bicyclic) bond motifs is 5. The van der Waals surface area contributed by atoms with Gasteiger partial charge in [0.05, 0.1) is 18.1 Å². The summed E-state index contributed by atoms with van der Waals surface area (Å²) in [5.41, 5.74) is 1.08. The maximum atomic E-state index is 13.2. The molecule has 3 fully saturated rings. The summed E-state index contributed by atoms with van der Waals surface area (Å²) in [6.07, 6.45) is 4.36. The molecule has 1 saturated heterocycles. The van der Waals surface area contributed by atoms with E-state index in [0.717, 1.165) is 19.3 Å². The van der Waals surface area contributed by atoms with Crippen LogP contribution in [0.4, 0.5) is 11.4 Å². The number of benzene rings is 1. The number of hydrogen-bond acceptors (Lipinski definition) is 5. The third-order valence-corrected chi connectivity index (χ3v) is 6.78. The molecule has 4 unspecified atom stereocenters. The molecule has 1 N–H and O–H groups in total. The number of carbonyl (C=O) groups is 4. The molecule has 2 saturated carbocycles. The van der Waals surface area contributed by atoms with Gasteiger partial charge in [0, 0.05) is 18.3 Å². The predicted molar refractivity (Wildman–Crippen MR) is 111 cm³/mol. The van der Waals surface area contributed by atoms with E-state index in [-0.39, 0.29) is 53.8 Å². The van der Waals surface area contributed by atoms with E-state index in [9.17, 15) is 19.2 Å². The molecule has 8 nitrogen and oxygen atoms in total. The first-order chi connectivity index (χ1) is 14.9. The van der Waals surface area contributed by atoms with E-state index in [1.807, 2.05) is 0 Å². The van der Waals surface area contributed by atoms with Crippen LogP contribution >= 0.6 is 0 Å². The summed E-state index contributed by atoms with van der Waals surface area (Å²) < 4.78 is 5.27. The Morgan fingerprint density at radius 1 is 1.06 bits per heavy atom. The second kappa shape index (κ2) is 7.37. The number of likely N-dealkylation sites (tertiary alicyclic amines) is 1. The summed E-state index contributed by atoms with van der Waals surface area (Å²) in [6, 6.07) is 9.83. The van der Waals surface area contributed by atoms with E-state index in [1.165, 1.54) is 23.0 Å². The summed E-state index contributed by atoms with van der Waals surface area (Å²) in [5, 5.41) is 2.68. The molecule has 1 aromatic carbocycles. The number of anilines is 2. The van der Waals surface area contributed by atoms with Crippen LogP contribution in [0.15, 0.2) is 47.1 Å². The Morgan fingerprint density at radius 3 is 2.26 bits per heavy atom. The fourth-order valence-electron chi connectivity index (χ4n) is 5.48. The molecule has 1 aliphatic heterocycles. The lowest BCUT2D eigenvalue weighted by molar-refractivity contribution is -0.140. The Labute approximate surface area is 179 Å². The molecular formula is C23H23N3O5. The Kier molecular flexibility index (Phi) is 4.64. The van der Waals surface area contributed by atoms with Crippen LogP contribution < -0.4 is 10.2 Å². The van der Waals surface area contributed by atoms with Crippen molar-refractivity contribution in [2.24, 2.45) is 23.7 Å². The highest BCUT2D eigenvalue weighted by Crippen LogP contribution is 2.56. The molecule has 2 aliphatic carbocycles. The van der Waals surface area contributed by atoms with Gasteiger partial charge >= 0.3 is 0 Å². The lowest BCUT2D eigenvalue weighted by Crippen LogP contribution is -2.45. The minimum atomic E-state index is -0.446. The number of nitrogens with one attached hydrogen (secondary N) is 1. The second-order valence-corrected chi connectivity index (χ2v) is 8.57. The molecule has 2 aromatic rings. The van der Waals surface area contributed by atoms with Gasteiger partial charge < -0.3 is 9.73 Å². The molecule has 0 spiro atoms. The van der Waals surface area contributed by atoms with Crippen molar-refractivity contribution in [2.45, 2.75) is 26.2 Å². The van der Waals surface area contributed by atoms with Crippen LogP contribution in [0.25, 0.3) is 0 Å². The smallest absolute Gasteiger partial charge is 0.295 e. The van der Waals surface area contributed by atoms with Crippen LogP contribution in [0, 0.1) is 23.7 Å². The number of hydrogen-bond donors (Lipinski definition) is 1. The van der Waals surface area contributed by atoms with Gasteiger partial charge in [0.25, 0.3) is 5.91 Å². The fourth-order valence-corrected chi connectivity index (χ4v) is 5.48. The van der Waals surface area contributed by atoms with Crippen molar-refractivity contribution in [3.63, 3.8) is 0 Å². The summed E-state index contributed by atoms with van der Waals surface area (Å²) in [4.78, 5) is 53.3. The van der Waals surface area contributed by atoms with Crippen LogP contribution in [-0.4, -0.2) is 35.2 Å². The first kappa shape index (κ1) is 19.5. The second-order valence-electron chi connectivity index (χ2n) is 8.57. The van der Waals surface area contributed by atoms with Crippen LogP contribution in [0.1, 0.15) is 36.7 Å². The fraction of sp³-hybridized carbons (Fsp3) is 0.391. The molecule has 8 heteroatoms. The van der Waals surface area contributed by atoms with Crippen molar-refractivity contribution in [1.29, 1.82) is 0 Å². The minimum Gasteiger partial charge on any atom is -0.459 e. The molecule has 4 atom stereocenters. The van der Waals surface area contributed by atoms with E-state index in [0.29, 0.717) is 11.4 Å². The average Bonchev–Trinajstić information content (AvgIpc) is 3.53. The lowest BCUT2D eigenvalue weighted by Gasteiger charge is -2.27. The standard InChI is InChI=1S/C23H23N3O5/c1-13(27)24-16-6-8-17(9-7-16)25(21(28)18-3-2-10-31-18)12-26-22(29)19-14-4-5-15(11-14)20(19)23(26)30/h2-3,6-10,14-15,19-20H,4-5,11-12H2,1H3,(H,24,27). The number of amides is 4. The molecule has 0 radical (unpaired) electrons. The Morgan fingerprint density at radius 2 is 1.71 bits per heavy atom. The number of rotatable bonds is 5. The quantitative estimate of drug-likeness (QED) is 0.749. The summed E-state index contributed by atoms with van der Waals surface area (Å²) in [6.45, 7) is 1.25. The summed E-state index contributed by atoms with van der Waals surface area (Å²) in [5.74, 6) is -0.800. The zero-order valence-corrected chi connectivity index (χ0v) is 17.1. The zero-order valence-electron chi connectivity index (χ0n) is 17.1. The first-order valence-corrected chi connectivity index (χ1v) is 10.5. The van der Waals surface area contributed by atoms with Crippen LogP contribution in [0.2, 0.25) is 0 Å². The van der Waals surface area contributed by atoms with E-state index in [4.69, 9.17) is 4.42 Å². The van der Waals surface area contributed by atoms with E-state index < -0.39 is 5.91 Å². The number of carbonyl (C=O) groups excluding carboxylic acids is 4. The van der Waals surface area contributed by atoms with Crippen LogP contribution in [-0.2, 0) is 14.4 Å². The predicted octanol–water partition coefficient (Wildman–Crippen LogP) is 2.87. The monoisotopic (exact) mass is 421 g/mol. The van der Waals surface area contributed by atoms with Crippen molar-refractivity contribution in [3.05, 3.63) is 48.4 Å². The van der Waals surface area contributed by atoms with Crippen LogP contribution in [0.5, 0.6) is 0 Å². The van der Waals surface area contributed by atoms with Crippen molar-refractivity contribution in [2.75, 3.05) is 16.9 Å². The Balaban J connectivity index is 1.44. The van der Waals surface area contributed by atoms with E-state index in [2.05, 4.69) is 5.32 Å². The SMILES string of the molecule is CC(=O)Nc1ccc(N(CN2C(=O)C3C4CCC(C4)C3C2=O)C(=O)c2ccco2)cc1. The molecule has 1 aromatic heterocycles. The largest absolute Gasteiger partial charge is 0.459 e. The first-order valence-electron chi connectivity index (χ1n) is 10.5. The third-order valence-electron chi connectivity index (χ3n) is 6.78. The highest BCUT2D eigenvalue weighted by atomic mass is 16.3. The van der Waals surface area contributed by atoms with Gasteiger partial charge in [-0.2, -0.15) is 0 Å². The van der Waals surface area contributed by atoms with Gasteiger partial charge in [-0.05, 0) is 67.5 Å². The molecule has 31 heavy (non-hydrogen) atoms. The Bertz CT molecular complexity index is 1020. The molecule has 160 valence electrons. The summed E-state index contributed by atoms with van der Waals surface area (Å²) in [7, 11) is 0. The van der Waals surface area contributed by atoms with Gasteiger partial charge in [-0.3, -0.25) is 29.0 Å². The van der Waals surface area contributed by atoms with Crippen molar-refractivity contribution in [3.8, 4) is 0 Å². The minimum absolute atomic E-state index is 0.116. The number of nitrogens with zero attached hydrogens (tertiary/aromatic N) is 2. The Hall–Kier alpha value is -3.42. The van der Waals surface area contributed by atoms with Gasteiger partial charge in [-0.1, -0.05) is 0 Å². The number of furan rings is 1. The number of imide groups is 1. The average molecular weight is 421 g/mol. The topological polar surface area (TPSA) is 99.9 Å². The molecule has 2 heterocycles. The van der Waals surface area contributed by atoms with Gasteiger partial charge in [0.15, 0.2) is 5.76 Å². The molecular weight excluding hydrogens is 398 g/mol. The van der Waals surface area contributed by atoms with E-state index >= 15 is 0 Å². The molecule has 2 bridgehead atoms. The van der Waals surface area contributed by atoms with Crippen molar-refractivity contribution in [1.82, 2.24) is 4.90 Å². The van der Waals surface area contributed by atoms with Crippen molar-refractivity contribution >= 4 is 35.0 Å². The highest BCUT2D eigenvalue weighted by molar-refractivity contribution is 6.09. The van der Waals surface area contributed by atoms with Gasteiger partial charge in [-0.15, -0.1) is 0 Å².